The van der Waals surface area contributed by atoms with Crippen LogP contribution in [0, 0.1) is 11.6 Å². The third-order valence-electron chi connectivity index (χ3n) is 4.50. The first kappa shape index (κ1) is 20.7. The molecule has 32 heavy (non-hydrogen) atoms. The molecule has 0 amide bonds. The molecule has 2 aromatic carbocycles. The van der Waals surface area contributed by atoms with Crippen molar-refractivity contribution in [1.29, 1.82) is 0 Å². The number of hydrogen-bond acceptors (Lipinski definition) is 8. The number of anilines is 2. The maximum Gasteiger partial charge on any atom is 0.260 e. The van der Waals surface area contributed by atoms with Crippen molar-refractivity contribution in [3.8, 4) is 11.1 Å². The van der Waals surface area contributed by atoms with E-state index in [1.807, 2.05) is 5.38 Å². The highest BCUT2D eigenvalue weighted by Crippen LogP contribution is 2.32. The van der Waals surface area contributed by atoms with Gasteiger partial charge >= 0.3 is 0 Å². The lowest BCUT2D eigenvalue weighted by Gasteiger charge is -2.02. The average molecular weight is 486 g/mol. The molecule has 2 N–H and O–H groups in total. The van der Waals surface area contributed by atoms with Crippen LogP contribution >= 0.6 is 34.4 Å². The van der Waals surface area contributed by atoms with E-state index in [-0.39, 0.29) is 17.2 Å². The van der Waals surface area contributed by atoms with Crippen LogP contribution in [0.5, 0.6) is 0 Å². The number of fused-ring (bicyclic) bond motifs is 1. The summed E-state index contributed by atoms with van der Waals surface area (Å²) in [6.07, 6.45) is 0. The Hall–Kier alpha value is -3.15. The Labute approximate surface area is 192 Å². The van der Waals surface area contributed by atoms with Crippen LogP contribution in [-0.2, 0) is 5.75 Å². The lowest BCUT2D eigenvalue weighted by molar-refractivity contribution is 0.628. The number of nitrogens with one attached hydrogen (secondary N) is 2. The fourth-order valence-corrected chi connectivity index (χ4v) is 5.63. The zero-order valence-electron chi connectivity index (χ0n) is 16.1. The highest BCUT2D eigenvalue weighted by atomic mass is 32.2. The number of hydrogen-bond donors (Lipinski definition) is 2. The van der Waals surface area contributed by atoms with Gasteiger partial charge in [-0.2, -0.15) is 0 Å². The highest BCUT2D eigenvalue weighted by Gasteiger charge is 2.14. The van der Waals surface area contributed by atoms with Gasteiger partial charge in [-0.3, -0.25) is 4.79 Å². The number of aromatic amines is 1. The van der Waals surface area contributed by atoms with Crippen LogP contribution in [0.25, 0.3) is 21.3 Å². The molecule has 3 aromatic heterocycles. The molecule has 160 valence electrons. The van der Waals surface area contributed by atoms with Gasteiger partial charge in [0.1, 0.15) is 22.3 Å². The Balaban J connectivity index is 1.32. The summed E-state index contributed by atoms with van der Waals surface area (Å²) in [5, 5.41) is 13.8. The number of H-pyrrole nitrogens is 1. The summed E-state index contributed by atoms with van der Waals surface area (Å²) < 4.78 is 27.7. The smallest absolute Gasteiger partial charge is 0.260 e. The normalized spacial score (nSPS) is 11.2. The Bertz CT molecular complexity index is 1460. The SMILES string of the molecule is O=c1[nH]c(CSc2nnc(Nc3ccccc3F)s2)nc2scc(-c3ccc(F)cc3)c12. The first-order chi connectivity index (χ1) is 15.6. The molecule has 0 saturated heterocycles. The zero-order chi connectivity index (χ0) is 22.1. The van der Waals surface area contributed by atoms with Crippen LogP contribution < -0.4 is 10.9 Å². The van der Waals surface area contributed by atoms with Crippen LogP contribution in [0.2, 0.25) is 0 Å². The van der Waals surface area contributed by atoms with E-state index in [0.29, 0.717) is 37.0 Å². The molecule has 6 nitrogen and oxygen atoms in total. The summed E-state index contributed by atoms with van der Waals surface area (Å²) in [6, 6.07) is 12.3. The van der Waals surface area contributed by atoms with E-state index < -0.39 is 0 Å². The predicted molar refractivity (Wildman–Crippen MR) is 125 cm³/mol. The van der Waals surface area contributed by atoms with E-state index in [9.17, 15) is 13.6 Å². The first-order valence-corrected chi connectivity index (χ1v) is 12.0. The number of rotatable bonds is 6. The Morgan fingerprint density at radius 1 is 1.06 bits per heavy atom. The van der Waals surface area contributed by atoms with Gasteiger partial charge in [0.2, 0.25) is 5.13 Å². The van der Waals surface area contributed by atoms with Gasteiger partial charge in [-0.25, -0.2) is 13.8 Å². The van der Waals surface area contributed by atoms with Crippen molar-refractivity contribution in [2.75, 3.05) is 5.32 Å². The molecule has 0 bridgehead atoms. The number of para-hydroxylation sites is 1. The molecular weight excluding hydrogens is 472 g/mol. The van der Waals surface area contributed by atoms with Gasteiger partial charge in [0.25, 0.3) is 5.56 Å². The number of thioether (sulfide) groups is 1. The molecule has 3 heterocycles. The van der Waals surface area contributed by atoms with Gasteiger partial charge in [-0.15, -0.1) is 21.5 Å². The zero-order valence-corrected chi connectivity index (χ0v) is 18.6. The van der Waals surface area contributed by atoms with Crippen molar-refractivity contribution in [3.05, 3.63) is 81.7 Å². The van der Waals surface area contributed by atoms with E-state index >= 15 is 0 Å². The van der Waals surface area contributed by atoms with Crippen molar-refractivity contribution in [1.82, 2.24) is 20.2 Å². The molecule has 0 unspecified atom stereocenters. The minimum Gasteiger partial charge on any atom is -0.328 e. The van der Waals surface area contributed by atoms with Crippen LogP contribution in [0.4, 0.5) is 19.6 Å². The molecule has 11 heteroatoms. The lowest BCUT2D eigenvalue weighted by Crippen LogP contribution is -2.10. The number of nitrogens with zero attached hydrogens (tertiary/aromatic N) is 3. The molecule has 0 fully saturated rings. The molecule has 0 atom stereocenters. The maximum absolute atomic E-state index is 13.8. The second kappa shape index (κ2) is 8.77. The Morgan fingerprint density at radius 3 is 2.69 bits per heavy atom. The van der Waals surface area contributed by atoms with E-state index in [1.54, 1.807) is 30.3 Å². The summed E-state index contributed by atoms with van der Waals surface area (Å²) in [6.45, 7) is 0. The van der Waals surface area contributed by atoms with Gasteiger partial charge in [0.05, 0.1) is 16.8 Å². The summed E-state index contributed by atoms with van der Waals surface area (Å²) in [5.41, 5.74) is 1.57. The lowest BCUT2D eigenvalue weighted by atomic mass is 10.1. The molecule has 5 aromatic rings. The summed E-state index contributed by atoms with van der Waals surface area (Å²) in [5.74, 6) is 0.203. The minimum atomic E-state index is -0.372. The van der Waals surface area contributed by atoms with Crippen LogP contribution in [0.1, 0.15) is 5.82 Å². The molecule has 0 spiro atoms. The summed E-state index contributed by atoms with van der Waals surface area (Å²) >= 11 is 4.02. The van der Waals surface area contributed by atoms with E-state index in [1.165, 1.54) is 52.6 Å². The number of thiophene rings is 1. The third-order valence-corrected chi connectivity index (χ3v) is 7.36. The number of benzene rings is 2. The monoisotopic (exact) mass is 485 g/mol. The van der Waals surface area contributed by atoms with Crippen LogP contribution in [0.3, 0.4) is 0 Å². The van der Waals surface area contributed by atoms with E-state index in [0.717, 1.165) is 11.1 Å². The van der Waals surface area contributed by atoms with Crippen LogP contribution in [-0.4, -0.2) is 20.2 Å². The molecule has 5 rings (SSSR count). The average Bonchev–Trinajstić information content (AvgIpc) is 3.42. The largest absolute Gasteiger partial charge is 0.328 e. The second-order valence-corrected chi connectivity index (χ2v) is 9.67. The van der Waals surface area contributed by atoms with Gasteiger partial charge < -0.3 is 10.3 Å². The molecular formula is C21H13F2N5OS3. The highest BCUT2D eigenvalue weighted by molar-refractivity contribution is 8.00. The molecule has 0 radical (unpaired) electrons. The fourth-order valence-electron chi connectivity index (χ4n) is 3.03. The molecule has 0 aliphatic rings. The topological polar surface area (TPSA) is 83.6 Å². The Kier molecular flexibility index (Phi) is 5.68. The summed E-state index contributed by atoms with van der Waals surface area (Å²) in [7, 11) is 0. The number of aromatic nitrogens is 4. The van der Waals surface area contributed by atoms with E-state index in [2.05, 4.69) is 25.5 Å². The van der Waals surface area contributed by atoms with Crippen molar-refractivity contribution in [3.63, 3.8) is 0 Å². The van der Waals surface area contributed by atoms with Crippen molar-refractivity contribution >= 4 is 55.5 Å². The van der Waals surface area contributed by atoms with Gasteiger partial charge in [0, 0.05) is 10.9 Å². The van der Waals surface area contributed by atoms with Gasteiger partial charge in [-0.05, 0) is 29.8 Å². The quantitative estimate of drug-likeness (QED) is 0.295. The van der Waals surface area contributed by atoms with Crippen molar-refractivity contribution in [2.45, 2.75) is 10.1 Å². The maximum atomic E-state index is 13.8. The first-order valence-electron chi connectivity index (χ1n) is 9.31. The molecule has 0 aliphatic heterocycles. The third kappa shape index (κ3) is 4.27. The Morgan fingerprint density at radius 2 is 1.88 bits per heavy atom. The second-order valence-electron chi connectivity index (χ2n) is 6.62. The van der Waals surface area contributed by atoms with Crippen LogP contribution in [0.15, 0.2) is 63.0 Å². The minimum absolute atomic E-state index is 0.245. The standard InChI is InChI=1S/C21H13F2N5OS3/c22-12-7-5-11(6-8-12)13-9-30-19-17(13)18(29)25-16(26-19)10-31-21-28-27-20(32-21)24-15-4-2-1-3-14(15)23/h1-9H,10H2,(H,24,27)(H,25,26,29). The predicted octanol–water partition coefficient (Wildman–Crippen LogP) is 5.82. The fraction of sp³-hybridized carbons (Fsp3) is 0.0476. The van der Waals surface area contributed by atoms with Crippen molar-refractivity contribution in [2.24, 2.45) is 0 Å². The number of halogens is 2. The van der Waals surface area contributed by atoms with Gasteiger partial charge in [-0.1, -0.05) is 47.4 Å². The van der Waals surface area contributed by atoms with E-state index in [4.69, 9.17) is 0 Å². The molecule has 0 aliphatic carbocycles. The van der Waals surface area contributed by atoms with Crippen molar-refractivity contribution < 1.29 is 8.78 Å². The molecule has 0 saturated carbocycles. The summed E-state index contributed by atoms with van der Waals surface area (Å²) in [4.78, 5) is 20.7. The van der Waals surface area contributed by atoms with Gasteiger partial charge in [0.15, 0.2) is 4.34 Å².